The quantitative estimate of drug-likeness (QED) is 0.663. The van der Waals surface area contributed by atoms with Gasteiger partial charge in [-0.05, 0) is 6.42 Å². The van der Waals surface area contributed by atoms with Crippen molar-refractivity contribution in [1.29, 1.82) is 0 Å². The predicted octanol–water partition coefficient (Wildman–Crippen LogP) is -0.201. The van der Waals surface area contributed by atoms with E-state index in [0.29, 0.717) is 26.4 Å². The Morgan fingerprint density at radius 2 is 2.15 bits per heavy atom. The van der Waals surface area contributed by atoms with E-state index in [0.717, 1.165) is 13.0 Å². The highest BCUT2D eigenvalue weighted by Gasteiger charge is 2.26. The molecule has 1 N–H and O–H groups in total. The molecular formula is C9H16O4. The van der Waals surface area contributed by atoms with Crippen LogP contribution < -0.4 is 0 Å². The molecule has 2 saturated heterocycles. The topological polar surface area (TPSA) is 47.9 Å². The first kappa shape index (κ1) is 9.40. The number of rotatable bonds is 4. The number of ether oxygens (including phenoxy) is 3. The average molecular weight is 188 g/mol. The molecule has 0 aromatic heterocycles. The number of aliphatic hydroxyl groups excluding tert-OH is 1. The van der Waals surface area contributed by atoms with Crippen molar-refractivity contribution in [3.8, 4) is 0 Å². The Bertz CT molecular complexity index is 152. The summed E-state index contributed by atoms with van der Waals surface area (Å²) in [6.07, 6.45) is 0.783. The molecule has 2 rings (SSSR count). The van der Waals surface area contributed by atoms with E-state index in [1.54, 1.807) is 0 Å². The fourth-order valence-corrected chi connectivity index (χ4v) is 1.54. The van der Waals surface area contributed by atoms with Crippen LogP contribution in [-0.4, -0.2) is 50.3 Å². The Morgan fingerprint density at radius 3 is 2.69 bits per heavy atom. The zero-order valence-electron chi connectivity index (χ0n) is 7.65. The van der Waals surface area contributed by atoms with Crippen LogP contribution in [0.25, 0.3) is 0 Å². The summed E-state index contributed by atoms with van der Waals surface area (Å²) in [5.41, 5.74) is 0. The van der Waals surface area contributed by atoms with E-state index in [1.165, 1.54) is 0 Å². The van der Waals surface area contributed by atoms with E-state index in [1.807, 2.05) is 0 Å². The van der Waals surface area contributed by atoms with Crippen molar-refractivity contribution in [2.24, 2.45) is 5.92 Å². The molecule has 2 unspecified atom stereocenters. The normalized spacial score (nSPS) is 31.6. The van der Waals surface area contributed by atoms with Crippen LogP contribution in [0.3, 0.4) is 0 Å². The van der Waals surface area contributed by atoms with E-state index in [-0.39, 0.29) is 18.1 Å². The molecule has 0 radical (unpaired) electrons. The van der Waals surface area contributed by atoms with Gasteiger partial charge in [0.25, 0.3) is 0 Å². The Labute approximate surface area is 77.8 Å². The summed E-state index contributed by atoms with van der Waals surface area (Å²) < 4.78 is 15.6. The van der Waals surface area contributed by atoms with Crippen LogP contribution in [0.4, 0.5) is 0 Å². The number of aliphatic hydroxyl groups is 1. The molecule has 0 aliphatic carbocycles. The van der Waals surface area contributed by atoms with E-state index < -0.39 is 0 Å². The van der Waals surface area contributed by atoms with Gasteiger partial charge in [0.2, 0.25) is 0 Å². The minimum Gasteiger partial charge on any atom is -0.390 e. The summed E-state index contributed by atoms with van der Waals surface area (Å²) in [4.78, 5) is 0. The lowest BCUT2D eigenvalue weighted by Crippen LogP contribution is -2.39. The maximum absolute atomic E-state index is 9.67. The second-order valence-electron chi connectivity index (χ2n) is 3.68. The van der Waals surface area contributed by atoms with Gasteiger partial charge in [0.1, 0.15) is 6.10 Å². The average Bonchev–Trinajstić information content (AvgIpc) is 2.52. The van der Waals surface area contributed by atoms with E-state index in [9.17, 15) is 5.11 Å². The molecule has 2 fully saturated rings. The summed E-state index contributed by atoms with van der Waals surface area (Å²) >= 11 is 0. The van der Waals surface area contributed by atoms with Gasteiger partial charge in [-0.25, -0.2) is 0 Å². The Morgan fingerprint density at radius 1 is 1.31 bits per heavy atom. The Balaban J connectivity index is 1.62. The van der Waals surface area contributed by atoms with Crippen LogP contribution in [0.2, 0.25) is 0 Å². The molecule has 2 aliphatic rings. The standard InChI is InChI=1S/C9H16O4/c10-9(7-1-2-11-3-7)6-13-8-4-12-5-8/h7-10H,1-6H2. The van der Waals surface area contributed by atoms with Crippen LogP contribution in [0.1, 0.15) is 6.42 Å². The van der Waals surface area contributed by atoms with Crippen LogP contribution in [0.5, 0.6) is 0 Å². The lowest BCUT2D eigenvalue weighted by molar-refractivity contribution is -0.147. The van der Waals surface area contributed by atoms with Gasteiger partial charge >= 0.3 is 0 Å². The Hall–Kier alpha value is -0.160. The van der Waals surface area contributed by atoms with Gasteiger partial charge in [-0.2, -0.15) is 0 Å². The van der Waals surface area contributed by atoms with Crippen LogP contribution in [-0.2, 0) is 14.2 Å². The largest absolute Gasteiger partial charge is 0.390 e. The van der Waals surface area contributed by atoms with Gasteiger partial charge < -0.3 is 19.3 Å². The molecule has 2 heterocycles. The summed E-state index contributed by atoms with van der Waals surface area (Å²) in [7, 11) is 0. The van der Waals surface area contributed by atoms with Gasteiger partial charge in [0, 0.05) is 12.5 Å². The molecule has 2 atom stereocenters. The fraction of sp³-hybridized carbons (Fsp3) is 1.00. The van der Waals surface area contributed by atoms with E-state index in [4.69, 9.17) is 14.2 Å². The second kappa shape index (κ2) is 4.37. The van der Waals surface area contributed by atoms with Crippen LogP contribution in [0.15, 0.2) is 0 Å². The highest BCUT2D eigenvalue weighted by molar-refractivity contribution is 4.73. The first-order valence-corrected chi connectivity index (χ1v) is 4.81. The lowest BCUT2D eigenvalue weighted by atomic mass is 10.0. The zero-order valence-corrected chi connectivity index (χ0v) is 7.65. The third-order valence-electron chi connectivity index (χ3n) is 2.62. The molecule has 76 valence electrons. The monoisotopic (exact) mass is 188 g/mol. The first-order valence-electron chi connectivity index (χ1n) is 4.81. The van der Waals surface area contributed by atoms with Gasteiger partial charge in [0.05, 0.1) is 32.5 Å². The van der Waals surface area contributed by atoms with E-state index >= 15 is 0 Å². The van der Waals surface area contributed by atoms with Crippen molar-refractivity contribution in [3.63, 3.8) is 0 Å². The van der Waals surface area contributed by atoms with Gasteiger partial charge in [0.15, 0.2) is 0 Å². The summed E-state index contributed by atoms with van der Waals surface area (Å²) in [5, 5.41) is 9.67. The SMILES string of the molecule is OC(COC1COC1)C1CCOC1. The van der Waals surface area contributed by atoms with Crippen LogP contribution in [0, 0.1) is 5.92 Å². The molecule has 0 bridgehead atoms. The first-order chi connectivity index (χ1) is 6.36. The van der Waals surface area contributed by atoms with Gasteiger partial charge in [-0.1, -0.05) is 0 Å². The third-order valence-corrected chi connectivity index (χ3v) is 2.62. The third kappa shape index (κ3) is 2.40. The van der Waals surface area contributed by atoms with Crippen molar-refractivity contribution < 1.29 is 19.3 Å². The molecule has 4 heteroatoms. The molecule has 0 aromatic rings. The van der Waals surface area contributed by atoms with Crippen molar-refractivity contribution in [2.75, 3.05) is 33.0 Å². The van der Waals surface area contributed by atoms with E-state index in [2.05, 4.69) is 0 Å². The zero-order chi connectivity index (χ0) is 9.10. The highest BCUT2D eigenvalue weighted by atomic mass is 16.6. The van der Waals surface area contributed by atoms with Crippen molar-refractivity contribution in [3.05, 3.63) is 0 Å². The van der Waals surface area contributed by atoms with Crippen molar-refractivity contribution >= 4 is 0 Å². The summed E-state index contributed by atoms with van der Waals surface area (Å²) in [5.74, 6) is 0.265. The molecule has 0 aromatic carbocycles. The smallest absolute Gasteiger partial charge is 0.104 e. The summed E-state index contributed by atoms with van der Waals surface area (Å²) in [6.45, 7) is 3.21. The minimum atomic E-state index is -0.372. The van der Waals surface area contributed by atoms with Crippen LogP contribution >= 0.6 is 0 Å². The fourth-order valence-electron chi connectivity index (χ4n) is 1.54. The van der Waals surface area contributed by atoms with Crippen molar-refractivity contribution in [1.82, 2.24) is 0 Å². The molecular weight excluding hydrogens is 172 g/mol. The molecule has 0 spiro atoms. The van der Waals surface area contributed by atoms with Gasteiger partial charge in [-0.3, -0.25) is 0 Å². The van der Waals surface area contributed by atoms with Crippen molar-refractivity contribution in [2.45, 2.75) is 18.6 Å². The number of hydrogen-bond donors (Lipinski definition) is 1. The van der Waals surface area contributed by atoms with Gasteiger partial charge in [-0.15, -0.1) is 0 Å². The maximum Gasteiger partial charge on any atom is 0.104 e. The molecule has 13 heavy (non-hydrogen) atoms. The molecule has 4 nitrogen and oxygen atoms in total. The molecule has 0 saturated carbocycles. The Kier molecular flexibility index (Phi) is 3.16. The maximum atomic E-state index is 9.67. The minimum absolute atomic E-state index is 0.206. The molecule has 2 aliphatic heterocycles. The predicted molar refractivity (Wildman–Crippen MR) is 45.5 cm³/mol. The molecule has 0 amide bonds. The lowest BCUT2D eigenvalue weighted by Gasteiger charge is -2.28. The summed E-state index contributed by atoms with van der Waals surface area (Å²) in [6, 6.07) is 0. The second-order valence-corrected chi connectivity index (χ2v) is 3.68. The highest BCUT2D eigenvalue weighted by Crippen LogP contribution is 2.17. The number of hydrogen-bond acceptors (Lipinski definition) is 4.